The van der Waals surface area contributed by atoms with Gasteiger partial charge in [0, 0.05) is 0 Å². The smallest absolute Gasteiger partial charge is 0.322 e. The van der Waals surface area contributed by atoms with Crippen molar-refractivity contribution in [2.45, 2.75) is 24.8 Å². The molecule has 0 aliphatic carbocycles. The monoisotopic (exact) mass is 300 g/mol. The zero-order valence-electron chi connectivity index (χ0n) is 10.8. The minimum atomic E-state index is -4.23. The summed E-state index contributed by atoms with van der Waals surface area (Å²) in [7, 11) is -4.23. The van der Waals surface area contributed by atoms with Crippen LogP contribution in [-0.2, 0) is 14.8 Å². The maximum Gasteiger partial charge on any atom is 0.322 e. The van der Waals surface area contributed by atoms with E-state index in [2.05, 4.69) is 0 Å². The van der Waals surface area contributed by atoms with Gasteiger partial charge < -0.3 is 5.11 Å². The number of hydrogen-bond acceptors (Lipinski definition) is 4. The Morgan fingerprint density at radius 1 is 1.45 bits per heavy atom. The third-order valence-electron chi connectivity index (χ3n) is 2.57. The van der Waals surface area contributed by atoms with Crippen LogP contribution >= 0.6 is 0 Å². The van der Waals surface area contributed by atoms with Gasteiger partial charge in [0.2, 0.25) is 10.0 Å². The maximum atomic E-state index is 13.0. The highest BCUT2D eigenvalue weighted by Gasteiger charge is 2.29. The van der Waals surface area contributed by atoms with Crippen LogP contribution in [0.1, 0.15) is 19.4 Å². The van der Waals surface area contributed by atoms with Crippen LogP contribution in [0.4, 0.5) is 4.39 Å². The minimum Gasteiger partial charge on any atom is -0.480 e. The number of carbonyl (C=O) groups is 1. The van der Waals surface area contributed by atoms with Crippen LogP contribution in [0.3, 0.4) is 0 Å². The van der Waals surface area contributed by atoms with E-state index in [-0.39, 0.29) is 5.56 Å². The first-order valence-electron chi connectivity index (χ1n) is 5.64. The van der Waals surface area contributed by atoms with E-state index in [4.69, 9.17) is 10.4 Å². The van der Waals surface area contributed by atoms with E-state index >= 15 is 0 Å². The highest BCUT2D eigenvalue weighted by Crippen LogP contribution is 2.17. The molecule has 0 spiro atoms. The van der Waals surface area contributed by atoms with Gasteiger partial charge in [-0.2, -0.15) is 9.98 Å². The number of nitrogens with one attached hydrogen (secondary N) is 1. The van der Waals surface area contributed by atoms with Crippen LogP contribution in [-0.4, -0.2) is 25.5 Å². The Morgan fingerprint density at radius 3 is 2.50 bits per heavy atom. The Hall–Kier alpha value is -1.98. The molecule has 0 fully saturated rings. The molecule has 20 heavy (non-hydrogen) atoms. The summed E-state index contributed by atoms with van der Waals surface area (Å²) >= 11 is 0. The van der Waals surface area contributed by atoms with Gasteiger partial charge in [0.15, 0.2) is 0 Å². The molecule has 0 heterocycles. The number of carboxylic acids is 1. The zero-order chi connectivity index (χ0) is 15.5. The van der Waals surface area contributed by atoms with E-state index in [1.807, 2.05) is 4.72 Å². The van der Waals surface area contributed by atoms with Gasteiger partial charge in [-0.05, 0) is 24.1 Å². The summed E-state index contributed by atoms with van der Waals surface area (Å²) in [4.78, 5) is 10.6. The van der Waals surface area contributed by atoms with E-state index in [1.54, 1.807) is 6.07 Å². The summed E-state index contributed by atoms with van der Waals surface area (Å²) in [5.74, 6) is -2.57. The van der Waals surface area contributed by atoms with Crippen LogP contribution < -0.4 is 4.72 Å². The molecule has 8 heteroatoms. The van der Waals surface area contributed by atoms with Gasteiger partial charge in [0.25, 0.3) is 0 Å². The number of aliphatic carboxylic acids is 1. The van der Waals surface area contributed by atoms with Crippen LogP contribution in [0, 0.1) is 23.1 Å². The molecule has 0 aliphatic rings. The van der Waals surface area contributed by atoms with Crippen LogP contribution in [0.15, 0.2) is 23.1 Å². The second kappa shape index (κ2) is 5.98. The van der Waals surface area contributed by atoms with Crippen molar-refractivity contribution in [1.29, 1.82) is 5.26 Å². The number of nitrogens with zero attached hydrogens (tertiary/aromatic N) is 1. The third-order valence-corrected chi connectivity index (χ3v) is 4.07. The molecule has 0 amide bonds. The van der Waals surface area contributed by atoms with Crippen molar-refractivity contribution < 1.29 is 22.7 Å². The van der Waals surface area contributed by atoms with Gasteiger partial charge in [0.1, 0.15) is 17.9 Å². The molecule has 1 atom stereocenters. The highest BCUT2D eigenvalue weighted by atomic mass is 32.2. The Kier molecular flexibility index (Phi) is 4.81. The molecule has 0 aliphatic heterocycles. The van der Waals surface area contributed by atoms with Crippen molar-refractivity contribution in [2.75, 3.05) is 0 Å². The van der Waals surface area contributed by atoms with E-state index < -0.39 is 38.7 Å². The van der Waals surface area contributed by atoms with Crippen molar-refractivity contribution in [3.8, 4) is 6.07 Å². The molecule has 0 aromatic heterocycles. The van der Waals surface area contributed by atoms with E-state index in [0.29, 0.717) is 0 Å². The quantitative estimate of drug-likeness (QED) is 0.846. The average Bonchev–Trinajstić information content (AvgIpc) is 2.34. The normalized spacial score (nSPS) is 12.9. The fourth-order valence-electron chi connectivity index (χ4n) is 1.53. The molecule has 0 saturated heterocycles. The Bertz CT molecular complexity index is 665. The number of sulfonamides is 1. The standard InChI is InChI=1S/C12H13FN2O4S/c1-7(2)11(12(16)17)15-20(18,19)10-4-3-9(13)5-8(10)6-14/h3-5,7,11,15H,1-2H3,(H,16,17)/t11-/m0/s1. The van der Waals surface area contributed by atoms with Crippen molar-refractivity contribution >= 4 is 16.0 Å². The van der Waals surface area contributed by atoms with E-state index in [1.165, 1.54) is 13.8 Å². The van der Waals surface area contributed by atoms with Gasteiger partial charge in [-0.1, -0.05) is 13.8 Å². The predicted molar refractivity (Wildman–Crippen MR) is 67.7 cm³/mol. The molecular formula is C12H13FN2O4S. The minimum absolute atomic E-state index is 0.384. The molecule has 2 N–H and O–H groups in total. The molecule has 1 aromatic carbocycles. The number of nitriles is 1. The third kappa shape index (κ3) is 3.53. The average molecular weight is 300 g/mol. The van der Waals surface area contributed by atoms with Crippen molar-refractivity contribution in [3.05, 3.63) is 29.6 Å². The number of carboxylic acid groups (broad SMARTS) is 1. The largest absolute Gasteiger partial charge is 0.480 e. The van der Waals surface area contributed by atoms with Gasteiger partial charge in [-0.25, -0.2) is 12.8 Å². The topological polar surface area (TPSA) is 107 Å². The second-order valence-corrected chi connectivity index (χ2v) is 6.12. The summed E-state index contributed by atoms with van der Waals surface area (Å²) in [6, 6.07) is 2.82. The fraction of sp³-hybridized carbons (Fsp3) is 0.333. The van der Waals surface area contributed by atoms with Gasteiger partial charge in [-0.3, -0.25) is 4.79 Å². The van der Waals surface area contributed by atoms with E-state index in [9.17, 15) is 17.6 Å². The molecule has 0 saturated carbocycles. The summed E-state index contributed by atoms with van der Waals surface area (Å²) in [6.45, 7) is 3.08. The first-order valence-corrected chi connectivity index (χ1v) is 7.12. The van der Waals surface area contributed by atoms with Crippen molar-refractivity contribution in [2.24, 2.45) is 5.92 Å². The number of rotatable bonds is 5. The lowest BCUT2D eigenvalue weighted by Crippen LogP contribution is -2.44. The van der Waals surface area contributed by atoms with Crippen LogP contribution in [0.25, 0.3) is 0 Å². The Morgan fingerprint density at radius 2 is 2.05 bits per heavy atom. The number of benzene rings is 1. The zero-order valence-corrected chi connectivity index (χ0v) is 11.6. The van der Waals surface area contributed by atoms with Crippen LogP contribution in [0.5, 0.6) is 0 Å². The molecule has 0 radical (unpaired) electrons. The van der Waals surface area contributed by atoms with Gasteiger partial charge in [-0.15, -0.1) is 0 Å². The lowest BCUT2D eigenvalue weighted by Gasteiger charge is -2.18. The van der Waals surface area contributed by atoms with Gasteiger partial charge in [0.05, 0.1) is 10.5 Å². The lowest BCUT2D eigenvalue weighted by molar-refractivity contribution is -0.140. The van der Waals surface area contributed by atoms with Crippen LogP contribution in [0.2, 0.25) is 0 Å². The van der Waals surface area contributed by atoms with E-state index in [0.717, 1.165) is 18.2 Å². The lowest BCUT2D eigenvalue weighted by atomic mass is 10.1. The predicted octanol–water partition coefficient (Wildman–Crippen LogP) is 1.08. The Balaban J connectivity index is 3.25. The molecule has 1 aromatic rings. The molecule has 6 nitrogen and oxygen atoms in total. The van der Waals surface area contributed by atoms with Crippen molar-refractivity contribution in [1.82, 2.24) is 4.72 Å². The van der Waals surface area contributed by atoms with Crippen molar-refractivity contribution in [3.63, 3.8) is 0 Å². The van der Waals surface area contributed by atoms with Gasteiger partial charge >= 0.3 is 5.97 Å². The molecular weight excluding hydrogens is 287 g/mol. The SMILES string of the molecule is CC(C)[C@H](NS(=O)(=O)c1ccc(F)cc1C#N)C(=O)O. The number of hydrogen-bond donors (Lipinski definition) is 2. The molecule has 0 bridgehead atoms. The first kappa shape index (κ1) is 16.1. The number of halogens is 1. The second-order valence-electron chi connectivity index (χ2n) is 4.43. The summed E-state index contributed by atoms with van der Waals surface area (Å²) < 4.78 is 39.2. The fourth-order valence-corrected chi connectivity index (χ4v) is 3.00. The molecule has 1 rings (SSSR count). The summed E-state index contributed by atoms with van der Waals surface area (Å²) in [5.41, 5.74) is -0.384. The first-order chi connectivity index (χ1) is 9.19. The summed E-state index contributed by atoms with van der Waals surface area (Å²) in [6.07, 6.45) is 0. The molecule has 0 unspecified atom stereocenters. The Labute approximate surface area is 115 Å². The molecule has 108 valence electrons. The summed E-state index contributed by atoms with van der Waals surface area (Å²) in [5, 5.41) is 17.8. The maximum absolute atomic E-state index is 13.0. The highest BCUT2D eigenvalue weighted by molar-refractivity contribution is 7.89.